The molecule has 1 amide bonds. The fraction of sp³-hybridized carbons (Fsp3) is 0.263. The predicted molar refractivity (Wildman–Crippen MR) is 93.3 cm³/mol. The molecule has 0 heterocycles. The van der Waals surface area contributed by atoms with E-state index in [-0.39, 0.29) is 18.7 Å². The summed E-state index contributed by atoms with van der Waals surface area (Å²) in [6.07, 6.45) is -0.169. The number of carbonyl (C=O) groups is 2. The van der Waals surface area contributed by atoms with Gasteiger partial charge in [-0.2, -0.15) is 0 Å². The summed E-state index contributed by atoms with van der Waals surface area (Å²) in [5.41, 5.74) is 1.47. The molecule has 0 spiro atoms. The molecule has 0 aliphatic heterocycles. The Balaban J connectivity index is 2.07. The zero-order valence-corrected chi connectivity index (χ0v) is 14.6. The maximum Gasteiger partial charge on any atom is 0.224 e. The van der Waals surface area contributed by atoms with Crippen molar-refractivity contribution in [3.05, 3.63) is 64.7 Å². The largest absolute Gasteiger partial charge is 0.550 e. The minimum Gasteiger partial charge on any atom is -0.550 e. The highest BCUT2D eigenvalue weighted by Gasteiger charge is 2.15. The molecule has 2 rings (SSSR count). The van der Waals surface area contributed by atoms with E-state index < -0.39 is 12.0 Å². The summed E-state index contributed by atoms with van der Waals surface area (Å²) < 4.78 is 5.36. The maximum absolute atomic E-state index is 12.2. The summed E-state index contributed by atoms with van der Waals surface area (Å²) >= 11 is 5.82. The second-order valence-corrected chi connectivity index (χ2v) is 5.94. The van der Waals surface area contributed by atoms with E-state index in [9.17, 15) is 14.7 Å². The van der Waals surface area contributed by atoms with Gasteiger partial charge in [-0.05, 0) is 42.3 Å². The van der Waals surface area contributed by atoms with Crippen LogP contribution in [0.2, 0.25) is 5.02 Å². The quantitative estimate of drug-likeness (QED) is 0.783. The molecule has 5 nitrogen and oxygen atoms in total. The van der Waals surface area contributed by atoms with Crippen molar-refractivity contribution < 1.29 is 19.4 Å². The highest BCUT2D eigenvalue weighted by atomic mass is 35.5. The summed E-state index contributed by atoms with van der Waals surface area (Å²) in [5, 5.41) is 14.4. The molecule has 6 heteroatoms. The lowest BCUT2D eigenvalue weighted by molar-refractivity contribution is -0.306. The lowest BCUT2D eigenvalue weighted by atomic mass is 10.0. The highest BCUT2D eigenvalue weighted by Crippen LogP contribution is 2.21. The Hall–Kier alpha value is -2.53. The van der Waals surface area contributed by atoms with Gasteiger partial charge in [0.05, 0.1) is 19.1 Å². The van der Waals surface area contributed by atoms with E-state index in [0.29, 0.717) is 22.9 Å². The Kier molecular flexibility index (Phi) is 6.83. The molecule has 1 N–H and O–H groups in total. The van der Waals surface area contributed by atoms with E-state index >= 15 is 0 Å². The van der Waals surface area contributed by atoms with Crippen molar-refractivity contribution in [1.29, 1.82) is 0 Å². The van der Waals surface area contributed by atoms with E-state index in [1.807, 2.05) is 6.92 Å². The van der Waals surface area contributed by atoms with E-state index in [1.165, 1.54) is 0 Å². The zero-order valence-electron chi connectivity index (χ0n) is 13.8. The van der Waals surface area contributed by atoms with Crippen LogP contribution in [0.5, 0.6) is 5.75 Å². The summed E-state index contributed by atoms with van der Waals surface area (Å²) in [5.74, 6) is -0.820. The van der Waals surface area contributed by atoms with Gasteiger partial charge in [0, 0.05) is 17.4 Å². The normalized spacial score (nSPS) is 11.6. The molecule has 132 valence electrons. The fourth-order valence-corrected chi connectivity index (χ4v) is 2.54. The van der Waals surface area contributed by atoms with Crippen LogP contribution in [0.3, 0.4) is 0 Å². The number of nitrogens with one attached hydrogen (secondary N) is 1. The lowest BCUT2D eigenvalue weighted by Crippen LogP contribution is -2.35. The number of aliphatic carboxylic acids is 1. The third-order valence-electron chi connectivity index (χ3n) is 3.58. The first-order valence-corrected chi connectivity index (χ1v) is 8.32. The number of amides is 1. The number of hydrogen-bond acceptors (Lipinski definition) is 4. The van der Waals surface area contributed by atoms with Crippen LogP contribution in [0.25, 0.3) is 0 Å². The topological polar surface area (TPSA) is 78.5 Å². The van der Waals surface area contributed by atoms with Crippen molar-refractivity contribution in [1.82, 2.24) is 5.32 Å². The third kappa shape index (κ3) is 6.12. The molecule has 0 aromatic heterocycles. The predicted octanol–water partition coefficient (Wildman–Crippen LogP) is 2.28. The molecule has 2 aromatic rings. The van der Waals surface area contributed by atoms with Crippen molar-refractivity contribution in [2.45, 2.75) is 25.8 Å². The molecule has 25 heavy (non-hydrogen) atoms. The standard InChI is InChI=1S/C19H20ClNO4/c1-2-25-16-9-5-14(6-10-16)17(12-19(23)24)21-18(22)11-13-3-7-15(20)8-4-13/h3-10,17H,2,11-12H2,1H3,(H,21,22)(H,23,24)/p-1. The Morgan fingerprint density at radius 2 is 1.76 bits per heavy atom. The molecule has 0 saturated carbocycles. The van der Waals surface area contributed by atoms with Gasteiger partial charge in [0.25, 0.3) is 0 Å². The number of halogens is 1. The monoisotopic (exact) mass is 360 g/mol. The Labute approximate surface area is 151 Å². The Morgan fingerprint density at radius 1 is 1.12 bits per heavy atom. The van der Waals surface area contributed by atoms with Crippen LogP contribution < -0.4 is 15.2 Å². The van der Waals surface area contributed by atoms with Crippen molar-refractivity contribution >= 4 is 23.5 Å². The molecule has 2 aromatic carbocycles. The van der Waals surface area contributed by atoms with Gasteiger partial charge in [-0.25, -0.2) is 0 Å². The highest BCUT2D eigenvalue weighted by molar-refractivity contribution is 6.30. The van der Waals surface area contributed by atoms with Gasteiger partial charge in [-0.15, -0.1) is 0 Å². The zero-order chi connectivity index (χ0) is 18.2. The van der Waals surface area contributed by atoms with Gasteiger partial charge in [-0.1, -0.05) is 35.9 Å². The number of hydrogen-bond donors (Lipinski definition) is 1. The number of ether oxygens (including phenoxy) is 1. The van der Waals surface area contributed by atoms with Gasteiger partial charge in [0.1, 0.15) is 5.75 Å². The summed E-state index contributed by atoms with van der Waals surface area (Å²) in [7, 11) is 0. The van der Waals surface area contributed by atoms with Crippen molar-refractivity contribution in [3.63, 3.8) is 0 Å². The number of benzene rings is 2. The van der Waals surface area contributed by atoms with Crippen LogP contribution in [-0.4, -0.2) is 18.5 Å². The second-order valence-electron chi connectivity index (χ2n) is 5.50. The SMILES string of the molecule is CCOc1ccc(C(CC(=O)[O-])NC(=O)Cc2ccc(Cl)cc2)cc1. The maximum atomic E-state index is 12.2. The average Bonchev–Trinajstić information content (AvgIpc) is 2.57. The molecular weight excluding hydrogens is 342 g/mol. The molecule has 0 aliphatic rings. The van der Waals surface area contributed by atoms with Gasteiger partial charge in [0.2, 0.25) is 5.91 Å². The molecule has 0 radical (unpaired) electrons. The van der Waals surface area contributed by atoms with Gasteiger partial charge < -0.3 is 20.0 Å². The fourth-order valence-electron chi connectivity index (χ4n) is 2.41. The van der Waals surface area contributed by atoms with Gasteiger partial charge in [-0.3, -0.25) is 4.79 Å². The van der Waals surface area contributed by atoms with Crippen LogP contribution in [-0.2, 0) is 16.0 Å². The van der Waals surface area contributed by atoms with Crippen LogP contribution in [0.1, 0.15) is 30.5 Å². The second kappa shape index (κ2) is 9.08. The molecular formula is C19H19ClNO4-. The first-order valence-electron chi connectivity index (χ1n) is 7.94. The first-order chi connectivity index (χ1) is 12.0. The van der Waals surface area contributed by atoms with Gasteiger partial charge >= 0.3 is 0 Å². The molecule has 1 atom stereocenters. The van der Waals surface area contributed by atoms with Crippen molar-refractivity contribution in [2.24, 2.45) is 0 Å². The summed E-state index contributed by atoms with van der Waals surface area (Å²) in [6, 6.07) is 13.2. The lowest BCUT2D eigenvalue weighted by Gasteiger charge is -2.20. The van der Waals surface area contributed by atoms with Crippen LogP contribution >= 0.6 is 11.6 Å². The van der Waals surface area contributed by atoms with Crippen LogP contribution in [0, 0.1) is 0 Å². The minimum absolute atomic E-state index is 0.137. The van der Waals surface area contributed by atoms with Gasteiger partial charge in [0.15, 0.2) is 0 Å². The Morgan fingerprint density at radius 3 is 2.32 bits per heavy atom. The van der Waals surface area contributed by atoms with E-state index in [0.717, 1.165) is 5.56 Å². The molecule has 0 fully saturated rings. The van der Waals surface area contributed by atoms with E-state index in [1.54, 1.807) is 48.5 Å². The summed E-state index contributed by atoms with van der Waals surface area (Å²) in [6.45, 7) is 2.42. The number of carbonyl (C=O) groups excluding carboxylic acids is 2. The molecule has 1 unspecified atom stereocenters. The number of rotatable bonds is 8. The average molecular weight is 361 g/mol. The minimum atomic E-state index is -1.23. The number of carboxylic acid groups (broad SMARTS) is 1. The number of carboxylic acids is 1. The van der Waals surface area contributed by atoms with E-state index in [4.69, 9.17) is 16.3 Å². The molecule has 0 aliphatic carbocycles. The van der Waals surface area contributed by atoms with Crippen LogP contribution in [0.4, 0.5) is 0 Å². The van der Waals surface area contributed by atoms with Crippen molar-refractivity contribution in [2.75, 3.05) is 6.61 Å². The third-order valence-corrected chi connectivity index (χ3v) is 3.83. The first kappa shape index (κ1) is 18.8. The summed E-state index contributed by atoms with van der Waals surface area (Å²) in [4.78, 5) is 23.3. The molecule has 0 saturated heterocycles. The molecule has 0 bridgehead atoms. The smallest absolute Gasteiger partial charge is 0.224 e. The van der Waals surface area contributed by atoms with E-state index in [2.05, 4.69) is 5.32 Å². The van der Waals surface area contributed by atoms with Crippen LogP contribution in [0.15, 0.2) is 48.5 Å². The van der Waals surface area contributed by atoms with Crippen molar-refractivity contribution in [3.8, 4) is 5.75 Å². The Bertz CT molecular complexity index is 713.